The van der Waals surface area contributed by atoms with E-state index in [2.05, 4.69) is 30.2 Å². The van der Waals surface area contributed by atoms with E-state index >= 15 is 0 Å². The second-order valence-electron chi connectivity index (χ2n) is 19.2. The standard InChI is InChI=1S/C53H102O12S/c1-3-5-7-9-11-13-15-17-18-19-20-21-22-23-24-25-26-27-28-29-31-33-35-37-39-41-43-61-45-47(46-62-53-51(57)52(65-66(58,59)60)50(56)48(44-54)64-53)63-49(55)42-40-38-36-34-32-30-16-14-12-10-8-6-4-2/h14,16,47-48,50-54,56-57H,3-13,15,17-46H2,1-2H3,(H,58,59,60)/b16-14-. The van der Waals surface area contributed by atoms with Crippen LogP contribution in [-0.2, 0) is 38.3 Å². The zero-order chi connectivity index (χ0) is 48.2. The van der Waals surface area contributed by atoms with Gasteiger partial charge in [-0.1, -0.05) is 225 Å². The van der Waals surface area contributed by atoms with Crippen molar-refractivity contribution in [3.05, 3.63) is 12.2 Å². The van der Waals surface area contributed by atoms with Gasteiger partial charge in [0.1, 0.15) is 30.5 Å². The van der Waals surface area contributed by atoms with Gasteiger partial charge in [0.05, 0.1) is 19.8 Å². The van der Waals surface area contributed by atoms with Crippen LogP contribution in [0.4, 0.5) is 0 Å². The lowest BCUT2D eigenvalue weighted by Gasteiger charge is -2.41. The molecule has 0 aromatic carbocycles. The predicted octanol–water partition coefficient (Wildman–Crippen LogP) is 13.0. The van der Waals surface area contributed by atoms with Crippen LogP contribution in [0.1, 0.15) is 258 Å². The van der Waals surface area contributed by atoms with Crippen LogP contribution in [0.25, 0.3) is 0 Å². The SMILES string of the molecule is CCCCCC/C=C\CCCCCCCC(=O)OC(COCCCCCCCCCCCCCCCCCCCCCCCCCCCC)COC1OC(CO)C(O)C(OS(=O)(=O)O)C1O. The molecule has 0 amide bonds. The Morgan fingerprint density at radius 1 is 0.561 bits per heavy atom. The van der Waals surface area contributed by atoms with Crippen molar-refractivity contribution in [3.63, 3.8) is 0 Å². The van der Waals surface area contributed by atoms with Crippen molar-refractivity contribution < 1.29 is 56.2 Å². The Bertz CT molecular complexity index is 1200. The normalized spacial score (nSPS) is 19.5. The minimum atomic E-state index is -5.06. The lowest BCUT2D eigenvalue weighted by atomic mass is 9.99. The third kappa shape index (κ3) is 37.7. The first kappa shape index (κ1) is 62.9. The Balaban J connectivity index is 2.25. The van der Waals surface area contributed by atoms with Crippen molar-refractivity contribution in [1.82, 2.24) is 0 Å². The highest BCUT2D eigenvalue weighted by Gasteiger charge is 2.48. The fourth-order valence-corrected chi connectivity index (χ4v) is 9.24. The predicted molar refractivity (Wildman–Crippen MR) is 267 cm³/mol. The largest absolute Gasteiger partial charge is 0.457 e. The van der Waals surface area contributed by atoms with E-state index in [4.69, 9.17) is 18.9 Å². The third-order valence-corrected chi connectivity index (χ3v) is 13.4. The van der Waals surface area contributed by atoms with Crippen molar-refractivity contribution >= 4 is 16.4 Å². The van der Waals surface area contributed by atoms with Gasteiger partial charge in [0.25, 0.3) is 0 Å². The number of hydrogen-bond donors (Lipinski definition) is 4. The van der Waals surface area contributed by atoms with Gasteiger partial charge in [0.15, 0.2) is 6.29 Å². The van der Waals surface area contributed by atoms with E-state index < -0.39 is 59.8 Å². The molecule has 1 fully saturated rings. The molecular weight excluding hydrogens is 861 g/mol. The average Bonchev–Trinajstić information content (AvgIpc) is 3.29. The van der Waals surface area contributed by atoms with Gasteiger partial charge < -0.3 is 34.3 Å². The van der Waals surface area contributed by atoms with Crippen molar-refractivity contribution in [2.75, 3.05) is 26.4 Å². The molecule has 6 atom stereocenters. The number of esters is 1. The smallest absolute Gasteiger partial charge is 0.397 e. The van der Waals surface area contributed by atoms with Gasteiger partial charge in [-0.15, -0.1) is 0 Å². The van der Waals surface area contributed by atoms with Crippen molar-refractivity contribution in [2.24, 2.45) is 0 Å². The van der Waals surface area contributed by atoms with Crippen LogP contribution in [0.15, 0.2) is 12.2 Å². The maximum atomic E-state index is 12.9. The molecule has 0 spiro atoms. The number of aliphatic hydroxyl groups excluding tert-OH is 3. The minimum absolute atomic E-state index is 0.0388. The maximum absolute atomic E-state index is 12.9. The van der Waals surface area contributed by atoms with E-state index in [1.165, 1.54) is 173 Å². The first-order valence-electron chi connectivity index (χ1n) is 27.4. The number of hydrogen-bond acceptors (Lipinski definition) is 11. The lowest BCUT2D eigenvalue weighted by Crippen LogP contribution is -2.60. The van der Waals surface area contributed by atoms with E-state index in [0.717, 1.165) is 57.8 Å². The summed E-state index contributed by atoms with van der Waals surface area (Å²) in [6, 6.07) is 0. The summed E-state index contributed by atoms with van der Waals surface area (Å²) in [5.74, 6) is -0.403. The molecule has 6 unspecified atom stereocenters. The van der Waals surface area contributed by atoms with Crippen LogP contribution in [0.5, 0.6) is 0 Å². The topological polar surface area (TPSA) is 178 Å². The van der Waals surface area contributed by atoms with E-state index in [1.807, 2.05) is 0 Å². The first-order valence-corrected chi connectivity index (χ1v) is 28.8. The summed E-state index contributed by atoms with van der Waals surface area (Å²) in [5, 5.41) is 30.7. The molecule has 0 aromatic heterocycles. The van der Waals surface area contributed by atoms with Gasteiger partial charge in [-0.3, -0.25) is 9.35 Å². The van der Waals surface area contributed by atoms with Gasteiger partial charge in [-0.25, -0.2) is 4.18 Å². The van der Waals surface area contributed by atoms with Gasteiger partial charge >= 0.3 is 16.4 Å². The second-order valence-corrected chi connectivity index (χ2v) is 20.2. The molecule has 4 N–H and O–H groups in total. The number of carbonyl (C=O) groups is 1. The number of unbranched alkanes of at least 4 members (excludes halogenated alkanes) is 34. The van der Waals surface area contributed by atoms with Crippen LogP contribution < -0.4 is 0 Å². The molecule has 0 saturated carbocycles. The van der Waals surface area contributed by atoms with Crippen molar-refractivity contribution in [3.8, 4) is 0 Å². The summed E-state index contributed by atoms with van der Waals surface area (Å²) < 4.78 is 59.3. The molecule has 1 aliphatic rings. The molecular formula is C53H102O12S. The fraction of sp³-hybridized carbons (Fsp3) is 0.943. The molecule has 1 saturated heterocycles. The summed E-state index contributed by atoms with van der Waals surface area (Å²) in [5.41, 5.74) is 0. The lowest BCUT2D eigenvalue weighted by molar-refractivity contribution is -0.301. The number of allylic oxidation sites excluding steroid dienone is 2. The highest BCUT2D eigenvalue weighted by atomic mass is 32.3. The van der Waals surface area contributed by atoms with E-state index in [0.29, 0.717) is 13.0 Å². The number of aliphatic hydroxyl groups is 3. The van der Waals surface area contributed by atoms with Crippen LogP contribution in [-0.4, -0.2) is 97.5 Å². The van der Waals surface area contributed by atoms with Crippen LogP contribution >= 0.6 is 0 Å². The molecule has 392 valence electrons. The van der Waals surface area contributed by atoms with Gasteiger partial charge in [0, 0.05) is 13.0 Å². The maximum Gasteiger partial charge on any atom is 0.397 e. The Hall–Kier alpha value is -1.16. The zero-order valence-electron chi connectivity index (χ0n) is 42.3. The Morgan fingerprint density at radius 3 is 1.38 bits per heavy atom. The van der Waals surface area contributed by atoms with Crippen molar-refractivity contribution in [2.45, 2.75) is 295 Å². The molecule has 0 aliphatic carbocycles. The van der Waals surface area contributed by atoms with Crippen LogP contribution in [0.2, 0.25) is 0 Å². The number of carbonyl (C=O) groups excluding carboxylic acids is 1. The van der Waals surface area contributed by atoms with Crippen LogP contribution in [0, 0.1) is 0 Å². The molecule has 0 bridgehead atoms. The Labute approximate surface area is 404 Å². The number of rotatable bonds is 49. The van der Waals surface area contributed by atoms with Gasteiger partial charge in [0.2, 0.25) is 0 Å². The first-order chi connectivity index (χ1) is 32.1. The monoisotopic (exact) mass is 963 g/mol. The quantitative estimate of drug-likeness (QED) is 0.0197. The van der Waals surface area contributed by atoms with Gasteiger partial charge in [-0.2, -0.15) is 8.42 Å². The van der Waals surface area contributed by atoms with Crippen LogP contribution in [0.3, 0.4) is 0 Å². The molecule has 0 radical (unpaired) electrons. The number of ether oxygens (including phenoxy) is 4. The second kappa shape index (κ2) is 45.0. The summed E-state index contributed by atoms with van der Waals surface area (Å²) >= 11 is 0. The summed E-state index contributed by atoms with van der Waals surface area (Å²) in [7, 11) is -5.06. The fourth-order valence-electron chi connectivity index (χ4n) is 8.73. The molecule has 1 rings (SSSR count). The van der Waals surface area contributed by atoms with Crippen molar-refractivity contribution in [1.29, 1.82) is 0 Å². The van der Waals surface area contributed by atoms with E-state index in [1.54, 1.807) is 0 Å². The summed E-state index contributed by atoms with van der Waals surface area (Å²) in [4.78, 5) is 12.9. The third-order valence-electron chi connectivity index (χ3n) is 12.9. The molecule has 1 aliphatic heterocycles. The van der Waals surface area contributed by atoms with Gasteiger partial charge in [-0.05, 0) is 38.5 Å². The van der Waals surface area contributed by atoms with E-state index in [9.17, 15) is 33.1 Å². The van der Waals surface area contributed by atoms with E-state index in [-0.39, 0.29) is 19.6 Å². The highest BCUT2D eigenvalue weighted by Crippen LogP contribution is 2.26. The molecule has 1 heterocycles. The minimum Gasteiger partial charge on any atom is -0.457 e. The average molecular weight is 963 g/mol. The summed E-state index contributed by atoms with van der Waals surface area (Å²) in [6.45, 7) is 4.02. The highest BCUT2D eigenvalue weighted by molar-refractivity contribution is 7.80. The summed E-state index contributed by atoms with van der Waals surface area (Å²) in [6.07, 6.45) is 42.7. The molecule has 12 nitrogen and oxygen atoms in total. The Morgan fingerprint density at radius 2 is 0.955 bits per heavy atom. The molecule has 0 aromatic rings. The zero-order valence-corrected chi connectivity index (χ0v) is 43.1. The Kier molecular flexibility index (Phi) is 42.9. The molecule has 66 heavy (non-hydrogen) atoms. The molecule has 13 heteroatoms.